The molecule has 1 unspecified atom stereocenters. The summed E-state index contributed by atoms with van der Waals surface area (Å²) in [5, 5.41) is 3.32. The Kier molecular flexibility index (Phi) is 4.66. The zero-order valence-corrected chi connectivity index (χ0v) is 16.7. The van der Waals surface area contributed by atoms with E-state index in [0.29, 0.717) is 22.9 Å². The van der Waals surface area contributed by atoms with Crippen molar-refractivity contribution in [2.45, 2.75) is 45.2 Å². The first-order chi connectivity index (χ1) is 13.5. The Morgan fingerprint density at radius 2 is 2.11 bits per heavy atom. The van der Waals surface area contributed by atoms with Crippen molar-refractivity contribution in [3.63, 3.8) is 0 Å². The van der Waals surface area contributed by atoms with E-state index in [1.807, 2.05) is 13.8 Å². The highest BCUT2D eigenvalue weighted by atomic mass is 32.1. The molecule has 1 saturated heterocycles. The number of aromatic nitrogens is 1. The van der Waals surface area contributed by atoms with Gasteiger partial charge in [-0.05, 0) is 25.5 Å². The summed E-state index contributed by atoms with van der Waals surface area (Å²) in [5.41, 5.74) is -0.382. The quantitative estimate of drug-likeness (QED) is 0.839. The molecule has 2 aliphatic rings. The van der Waals surface area contributed by atoms with Gasteiger partial charge in [-0.3, -0.25) is 24.6 Å². The molecule has 0 spiro atoms. The second kappa shape index (κ2) is 7.01. The molecule has 0 bridgehead atoms. The molecule has 4 rings (SSSR count). The van der Waals surface area contributed by atoms with Gasteiger partial charge >= 0.3 is 0 Å². The first-order valence-corrected chi connectivity index (χ1v) is 10.3. The molecule has 0 radical (unpaired) electrons. The molecule has 1 fully saturated rings. The number of carbonyl (C=O) groups excluding carboxylic acids is 3. The molecule has 1 aromatic carbocycles. The Balaban J connectivity index is 1.83. The van der Waals surface area contributed by atoms with Gasteiger partial charge in [0.25, 0.3) is 11.8 Å². The lowest BCUT2D eigenvalue weighted by Crippen LogP contribution is -2.69. The van der Waals surface area contributed by atoms with Crippen LogP contribution in [0.5, 0.6) is 0 Å². The largest absolute Gasteiger partial charge is 0.307 e. The third kappa shape index (κ3) is 2.71. The number of thiazole rings is 1. The SMILES string of the molecule is CCCCN1C(=O)c2ccccc2N2C(=O)CCC12C(=O)Nc1ncc(C)s1. The molecular formula is C20H22N4O3S. The number of carbonyl (C=O) groups is 3. The number of hydrogen-bond donors (Lipinski definition) is 1. The van der Waals surface area contributed by atoms with E-state index in [0.717, 1.165) is 17.7 Å². The maximum Gasteiger partial charge on any atom is 0.273 e. The van der Waals surface area contributed by atoms with E-state index in [4.69, 9.17) is 0 Å². The van der Waals surface area contributed by atoms with Gasteiger partial charge in [0.05, 0.1) is 11.3 Å². The summed E-state index contributed by atoms with van der Waals surface area (Å²) in [6, 6.07) is 7.02. The fraction of sp³-hybridized carbons (Fsp3) is 0.400. The number of fused-ring (bicyclic) bond motifs is 3. The van der Waals surface area contributed by atoms with E-state index < -0.39 is 5.66 Å². The molecule has 1 aromatic heterocycles. The van der Waals surface area contributed by atoms with Crippen LogP contribution >= 0.6 is 11.3 Å². The van der Waals surface area contributed by atoms with E-state index in [9.17, 15) is 14.4 Å². The molecular weight excluding hydrogens is 376 g/mol. The number of para-hydroxylation sites is 1. The van der Waals surface area contributed by atoms with Crippen LogP contribution in [0.3, 0.4) is 0 Å². The number of nitrogens with zero attached hydrogens (tertiary/aromatic N) is 3. The van der Waals surface area contributed by atoms with Gasteiger partial charge in [-0.2, -0.15) is 0 Å². The molecule has 28 heavy (non-hydrogen) atoms. The Hall–Kier alpha value is -2.74. The summed E-state index contributed by atoms with van der Waals surface area (Å²) < 4.78 is 0. The first kappa shape index (κ1) is 18.6. The number of aryl methyl sites for hydroxylation is 1. The number of hydrogen-bond acceptors (Lipinski definition) is 5. The van der Waals surface area contributed by atoms with E-state index in [1.54, 1.807) is 35.4 Å². The minimum absolute atomic E-state index is 0.146. The van der Waals surface area contributed by atoms with Crippen molar-refractivity contribution in [1.29, 1.82) is 0 Å². The van der Waals surface area contributed by atoms with Crippen LogP contribution in [0.4, 0.5) is 10.8 Å². The predicted molar refractivity (Wildman–Crippen MR) is 107 cm³/mol. The lowest BCUT2D eigenvalue weighted by Gasteiger charge is -2.49. The van der Waals surface area contributed by atoms with E-state index >= 15 is 0 Å². The molecule has 3 heterocycles. The number of nitrogens with one attached hydrogen (secondary N) is 1. The van der Waals surface area contributed by atoms with Crippen LogP contribution in [0.2, 0.25) is 0 Å². The van der Waals surface area contributed by atoms with Gasteiger partial charge in [-0.15, -0.1) is 11.3 Å². The van der Waals surface area contributed by atoms with Crippen LogP contribution < -0.4 is 10.2 Å². The molecule has 0 aliphatic carbocycles. The average Bonchev–Trinajstić information content (AvgIpc) is 3.25. The van der Waals surface area contributed by atoms with Crippen LogP contribution in [-0.2, 0) is 9.59 Å². The molecule has 3 amide bonds. The normalized spacial score (nSPS) is 20.9. The molecule has 7 nitrogen and oxygen atoms in total. The van der Waals surface area contributed by atoms with Gasteiger partial charge in [0.2, 0.25) is 11.6 Å². The summed E-state index contributed by atoms with van der Waals surface area (Å²) in [4.78, 5) is 48.0. The van der Waals surface area contributed by atoms with Gasteiger partial charge in [-0.1, -0.05) is 25.5 Å². The van der Waals surface area contributed by atoms with Crippen molar-refractivity contribution in [3.8, 4) is 0 Å². The van der Waals surface area contributed by atoms with Gasteiger partial charge < -0.3 is 4.90 Å². The Labute approximate surface area is 167 Å². The first-order valence-electron chi connectivity index (χ1n) is 9.47. The molecule has 146 valence electrons. The van der Waals surface area contributed by atoms with Crippen molar-refractivity contribution < 1.29 is 14.4 Å². The summed E-state index contributed by atoms with van der Waals surface area (Å²) in [6.07, 6.45) is 3.80. The predicted octanol–water partition coefficient (Wildman–Crippen LogP) is 3.17. The summed E-state index contributed by atoms with van der Waals surface area (Å²) >= 11 is 1.37. The van der Waals surface area contributed by atoms with Gasteiger partial charge in [0, 0.05) is 30.5 Å². The second-order valence-corrected chi connectivity index (χ2v) is 8.34. The average molecular weight is 398 g/mol. The van der Waals surface area contributed by atoms with Crippen molar-refractivity contribution in [2.24, 2.45) is 0 Å². The fourth-order valence-electron chi connectivity index (χ4n) is 4.01. The molecule has 1 N–H and O–H groups in total. The maximum atomic E-state index is 13.5. The van der Waals surface area contributed by atoms with E-state index in [1.165, 1.54) is 16.2 Å². The minimum Gasteiger partial charge on any atom is -0.307 e. The van der Waals surface area contributed by atoms with Crippen molar-refractivity contribution >= 4 is 39.9 Å². The lowest BCUT2D eigenvalue weighted by atomic mass is 9.95. The van der Waals surface area contributed by atoms with Gasteiger partial charge in [0.1, 0.15) is 0 Å². The standard InChI is InChI=1S/C20H22N4O3S/c1-3-4-11-23-17(26)14-7-5-6-8-15(14)24-16(25)9-10-20(23,24)18(27)22-19-21-12-13(2)28-19/h5-8,12H,3-4,9-11H2,1-2H3,(H,21,22,27). The third-order valence-corrected chi connectivity index (χ3v) is 6.14. The van der Waals surface area contributed by atoms with E-state index in [2.05, 4.69) is 10.3 Å². The summed E-state index contributed by atoms with van der Waals surface area (Å²) in [5.74, 6) is -0.737. The Morgan fingerprint density at radius 3 is 2.82 bits per heavy atom. The second-order valence-electron chi connectivity index (χ2n) is 7.10. The number of anilines is 2. The van der Waals surface area contributed by atoms with Crippen LogP contribution in [0.15, 0.2) is 30.5 Å². The Morgan fingerprint density at radius 1 is 1.32 bits per heavy atom. The smallest absolute Gasteiger partial charge is 0.273 e. The van der Waals surface area contributed by atoms with E-state index in [-0.39, 0.29) is 30.6 Å². The topological polar surface area (TPSA) is 82.6 Å². The number of benzene rings is 1. The van der Waals surface area contributed by atoms with Crippen LogP contribution in [0.25, 0.3) is 0 Å². The molecule has 0 saturated carbocycles. The maximum absolute atomic E-state index is 13.5. The fourth-order valence-corrected chi connectivity index (χ4v) is 4.67. The molecule has 2 aliphatic heterocycles. The highest BCUT2D eigenvalue weighted by Gasteiger charge is 2.60. The zero-order chi connectivity index (χ0) is 19.9. The number of rotatable bonds is 5. The lowest BCUT2D eigenvalue weighted by molar-refractivity contribution is -0.129. The van der Waals surface area contributed by atoms with Gasteiger partial charge in [-0.25, -0.2) is 4.98 Å². The zero-order valence-electron chi connectivity index (χ0n) is 15.9. The van der Waals surface area contributed by atoms with Crippen molar-refractivity contribution in [3.05, 3.63) is 40.9 Å². The summed E-state index contributed by atoms with van der Waals surface area (Å²) in [6.45, 7) is 4.35. The minimum atomic E-state index is -1.35. The van der Waals surface area contributed by atoms with Crippen LogP contribution in [0, 0.1) is 6.92 Å². The molecule has 2 aromatic rings. The Bertz CT molecular complexity index is 956. The highest BCUT2D eigenvalue weighted by molar-refractivity contribution is 7.15. The summed E-state index contributed by atoms with van der Waals surface area (Å²) in [7, 11) is 0. The third-order valence-electron chi connectivity index (χ3n) is 5.31. The molecule has 1 atom stereocenters. The van der Waals surface area contributed by atoms with Crippen molar-refractivity contribution in [2.75, 3.05) is 16.8 Å². The van der Waals surface area contributed by atoms with Crippen LogP contribution in [-0.4, -0.2) is 39.8 Å². The van der Waals surface area contributed by atoms with Gasteiger partial charge in [0.15, 0.2) is 5.13 Å². The number of amides is 3. The van der Waals surface area contributed by atoms with Crippen molar-refractivity contribution in [1.82, 2.24) is 9.88 Å². The highest BCUT2D eigenvalue weighted by Crippen LogP contribution is 2.45. The number of unbranched alkanes of at least 4 members (excludes halogenated alkanes) is 1. The molecule has 8 heteroatoms. The van der Waals surface area contributed by atoms with Crippen LogP contribution in [0.1, 0.15) is 47.8 Å². The monoisotopic (exact) mass is 398 g/mol.